The number of carbonyl (C=O) groups excluding carboxylic acids is 1. The fourth-order valence-electron chi connectivity index (χ4n) is 2.07. The lowest BCUT2D eigenvalue weighted by Gasteiger charge is -2.27. The third kappa shape index (κ3) is 1.84. The van der Waals surface area contributed by atoms with E-state index in [1.54, 1.807) is 4.90 Å². The summed E-state index contributed by atoms with van der Waals surface area (Å²) < 4.78 is 0. The molecule has 0 fully saturated rings. The molecule has 0 aromatic heterocycles. The second-order valence-electron chi connectivity index (χ2n) is 5.60. The Bertz CT molecular complexity index is 429. The van der Waals surface area contributed by atoms with Crippen molar-refractivity contribution in [2.75, 3.05) is 13.6 Å². The molecular formula is C14H19NO. The third-order valence-electron chi connectivity index (χ3n) is 3.26. The van der Waals surface area contributed by atoms with Gasteiger partial charge in [0.25, 0.3) is 5.91 Å². The number of carbonyl (C=O) groups is 1. The molecule has 0 unspecified atom stereocenters. The first-order valence-electron chi connectivity index (χ1n) is 5.78. The second kappa shape index (κ2) is 3.62. The summed E-state index contributed by atoms with van der Waals surface area (Å²) in [6.45, 7) is 7.43. The van der Waals surface area contributed by atoms with Crippen molar-refractivity contribution in [1.82, 2.24) is 4.90 Å². The molecule has 16 heavy (non-hydrogen) atoms. The Morgan fingerprint density at radius 3 is 2.56 bits per heavy atom. The van der Waals surface area contributed by atoms with Crippen molar-refractivity contribution in [2.45, 2.75) is 32.6 Å². The van der Waals surface area contributed by atoms with Gasteiger partial charge < -0.3 is 4.90 Å². The topological polar surface area (TPSA) is 20.3 Å². The van der Waals surface area contributed by atoms with Gasteiger partial charge in [0.2, 0.25) is 0 Å². The molecule has 0 atom stereocenters. The predicted octanol–water partition coefficient (Wildman–Crippen LogP) is 2.61. The Kier molecular flexibility index (Phi) is 2.53. The Labute approximate surface area is 97.3 Å². The highest BCUT2D eigenvalue weighted by atomic mass is 16.2. The Hall–Kier alpha value is -1.31. The van der Waals surface area contributed by atoms with E-state index in [2.05, 4.69) is 32.9 Å². The zero-order valence-corrected chi connectivity index (χ0v) is 10.5. The Morgan fingerprint density at radius 1 is 1.25 bits per heavy atom. The maximum Gasteiger partial charge on any atom is 0.253 e. The van der Waals surface area contributed by atoms with Crippen LogP contribution >= 0.6 is 0 Å². The fourth-order valence-corrected chi connectivity index (χ4v) is 2.07. The number of nitrogens with zero attached hydrogens (tertiary/aromatic N) is 1. The van der Waals surface area contributed by atoms with Gasteiger partial charge in [-0.25, -0.2) is 0 Å². The molecule has 1 aliphatic rings. The van der Waals surface area contributed by atoms with Gasteiger partial charge in [0.15, 0.2) is 0 Å². The summed E-state index contributed by atoms with van der Waals surface area (Å²) >= 11 is 0. The van der Waals surface area contributed by atoms with E-state index >= 15 is 0 Å². The van der Waals surface area contributed by atoms with Crippen LogP contribution in [0, 0.1) is 0 Å². The molecule has 0 bridgehead atoms. The van der Waals surface area contributed by atoms with Gasteiger partial charge in [0.05, 0.1) is 0 Å². The van der Waals surface area contributed by atoms with Crippen molar-refractivity contribution in [1.29, 1.82) is 0 Å². The largest absolute Gasteiger partial charge is 0.341 e. The van der Waals surface area contributed by atoms with E-state index in [0.717, 1.165) is 18.5 Å². The minimum Gasteiger partial charge on any atom is -0.341 e. The highest BCUT2D eigenvalue weighted by Crippen LogP contribution is 2.27. The molecular weight excluding hydrogens is 198 g/mol. The predicted molar refractivity (Wildman–Crippen MR) is 65.8 cm³/mol. The minimum absolute atomic E-state index is 0.154. The van der Waals surface area contributed by atoms with Gasteiger partial charge in [0.1, 0.15) is 0 Å². The molecule has 86 valence electrons. The van der Waals surface area contributed by atoms with E-state index in [9.17, 15) is 4.79 Å². The van der Waals surface area contributed by atoms with Crippen LogP contribution in [-0.2, 0) is 11.8 Å². The van der Waals surface area contributed by atoms with Gasteiger partial charge in [0, 0.05) is 19.2 Å². The normalized spacial score (nSPS) is 16.2. The van der Waals surface area contributed by atoms with Crippen molar-refractivity contribution in [2.24, 2.45) is 0 Å². The monoisotopic (exact) mass is 217 g/mol. The zero-order chi connectivity index (χ0) is 11.9. The summed E-state index contributed by atoms with van der Waals surface area (Å²) in [4.78, 5) is 13.7. The summed E-state index contributed by atoms with van der Waals surface area (Å²) in [6, 6.07) is 6.25. The highest BCUT2D eigenvalue weighted by molar-refractivity contribution is 5.96. The minimum atomic E-state index is 0.154. The molecule has 1 aliphatic heterocycles. The summed E-state index contributed by atoms with van der Waals surface area (Å²) in [5.74, 6) is 0.154. The quantitative estimate of drug-likeness (QED) is 0.654. The Morgan fingerprint density at radius 2 is 1.94 bits per heavy atom. The molecule has 1 aromatic carbocycles. The van der Waals surface area contributed by atoms with Gasteiger partial charge >= 0.3 is 0 Å². The van der Waals surface area contributed by atoms with E-state index in [0.29, 0.717) is 0 Å². The molecule has 0 spiro atoms. The van der Waals surface area contributed by atoms with Crippen molar-refractivity contribution in [3.05, 3.63) is 34.9 Å². The number of fused-ring (bicyclic) bond motifs is 1. The van der Waals surface area contributed by atoms with Crippen molar-refractivity contribution >= 4 is 5.91 Å². The van der Waals surface area contributed by atoms with Gasteiger partial charge in [-0.15, -0.1) is 0 Å². The van der Waals surface area contributed by atoms with Crippen LogP contribution in [0.25, 0.3) is 0 Å². The van der Waals surface area contributed by atoms with Crippen LogP contribution in [0.5, 0.6) is 0 Å². The van der Waals surface area contributed by atoms with E-state index in [4.69, 9.17) is 0 Å². The number of amides is 1. The van der Waals surface area contributed by atoms with Gasteiger partial charge in [-0.05, 0) is 29.0 Å². The number of hydrogen-bond acceptors (Lipinski definition) is 1. The molecule has 0 saturated carbocycles. The van der Waals surface area contributed by atoms with E-state index in [1.165, 1.54) is 11.1 Å². The molecule has 0 saturated heterocycles. The molecule has 2 heteroatoms. The van der Waals surface area contributed by atoms with Gasteiger partial charge in [-0.3, -0.25) is 4.79 Å². The highest BCUT2D eigenvalue weighted by Gasteiger charge is 2.23. The summed E-state index contributed by atoms with van der Waals surface area (Å²) in [5.41, 5.74) is 3.54. The molecule has 2 nitrogen and oxygen atoms in total. The van der Waals surface area contributed by atoms with Crippen LogP contribution in [0.2, 0.25) is 0 Å². The molecule has 0 N–H and O–H groups in total. The first kappa shape index (κ1) is 11.2. The number of benzene rings is 1. The van der Waals surface area contributed by atoms with Crippen LogP contribution in [0.15, 0.2) is 18.2 Å². The van der Waals surface area contributed by atoms with Crippen molar-refractivity contribution in [3.8, 4) is 0 Å². The molecule has 0 aliphatic carbocycles. The van der Waals surface area contributed by atoms with Crippen LogP contribution in [0.3, 0.4) is 0 Å². The van der Waals surface area contributed by atoms with E-state index in [-0.39, 0.29) is 11.3 Å². The second-order valence-corrected chi connectivity index (χ2v) is 5.60. The number of hydrogen-bond donors (Lipinski definition) is 0. The molecule has 1 heterocycles. The number of likely N-dealkylation sites (N-methyl/N-ethyl adjacent to an activating group) is 1. The first-order chi connectivity index (χ1) is 7.39. The lowest BCUT2D eigenvalue weighted by atomic mass is 9.84. The fraction of sp³-hybridized carbons (Fsp3) is 0.500. The first-order valence-corrected chi connectivity index (χ1v) is 5.78. The summed E-state index contributed by atoms with van der Waals surface area (Å²) in [7, 11) is 1.86. The van der Waals surface area contributed by atoms with E-state index < -0.39 is 0 Å². The molecule has 1 aromatic rings. The van der Waals surface area contributed by atoms with Crippen LogP contribution < -0.4 is 0 Å². The SMILES string of the molecule is CN1CCc2cc(C(C)(C)C)ccc2C1=O. The average Bonchev–Trinajstić information content (AvgIpc) is 2.22. The maximum atomic E-state index is 11.9. The summed E-state index contributed by atoms with van der Waals surface area (Å²) in [6.07, 6.45) is 0.974. The standard InChI is InChI=1S/C14H19NO/c1-14(2,3)11-5-6-12-10(9-11)7-8-15(4)13(12)16/h5-6,9H,7-8H2,1-4H3. The maximum absolute atomic E-state index is 11.9. The molecule has 1 amide bonds. The van der Waals surface area contributed by atoms with Crippen LogP contribution in [-0.4, -0.2) is 24.4 Å². The lowest BCUT2D eigenvalue weighted by molar-refractivity contribution is 0.0781. The van der Waals surface area contributed by atoms with Crippen LogP contribution in [0.4, 0.5) is 0 Å². The van der Waals surface area contributed by atoms with Gasteiger partial charge in [-0.1, -0.05) is 32.9 Å². The zero-order valence-electron chi connectivity index (χ0n) is 10.5. The Balaban J connectivity index is 2.45. The summed E-state index contributed by atoms with van der Waals surface area (Å²) in [5, 5.41) is 0. The molecule has 0 radical (unpaired) electrons. The van der Waals surface area contributed by atoms with E-state index in [1.807, 2.05) is 13.1 Å². The average molecular weight is 217 g/mol. The van der Waals surface area contributed by atoms with Gasteiger partial charge in [-0.2, -0.15) is 0 Å². The number of rotatable bonds is 0. The third-order valence-corrected chi connectivity index (χ3v) is 3.26. The lowest BCUT2D eigenvalue weighted by Crippen LogP contribution is -2.34. The van der Waals surface area contributed by atoms with Crippen molar-refractivity contribution < 1.29 is 4.79 Å². The smallest absolute Gasteiger partial charge is 0.253 e. The van der Waals surface area contributed by atoms with Crippen molar-refractivity contribution in [3.63, 3.8) is 0 Å². The molecule has 2 rings (SSSR count). The van der Waals surface area contributed by atoms with Crippen LogP contribution in [0.1, 0.15) is 42.3 Å².